The van der Waals surface area contributed by atoms with E-state index in [1.807, 2.05) is 0 Å². The van der Waals surface area contributed by atoms with Crippen LogP contribution in [0.5, 0.6) is 0 Å². The minimum atomic E-state index is -3.53. The molecule has 0 aliphatic rings. The van der Waals surface area contributed by atoms with E-state index in [-0.39, 0.29) is 22.6 Å². The van der Waals surface area contributed by atoms with Crippen LogP contribution in [0.1, 0.15) is 6.92 Å². The number of nitrogens with zero attached hydrogens (tertiary/aromatic N) is 2. The predicted octanol–water partition coefficient (Wildman–Crippen LogP) is 2.48. The Labute approximate surface area is 161 Å². The smallest absolute Gasteiger partial charge is 0.229 e. The van der Waals surface area contributed by atoms with Crippen molar-refractivity contribution in [1.29, 1.82) is 0 Å². The highest BCUT2D eigenvalue weighted by Gasteiger charge is 2.16. The van der Waals surface area contributed by atoms with Gasteiger partial charge in [-0.1, -0.05) is 23.2 Å². The Balaban J connectivity index is 2.23. The minimum absolute atomic E-state index is 0.0417. The average molecular weight is 418 g/mol. The van der Waals surface area contributed by atoms with Crippen molar-refractivity contribution in [2.75, 3.05) is 30.0 Å². The van der Waals surface area contributed by atoms with Crippen LogP contribution in [-0.4, -0.2) is 43.6 Å². The van der Waals surface area contributed by atoms with E-state index in [0.717, 1.165) is 6.26 Å². The molecule has 1 aromatic carbocycles. The van der Waals surface area contributed by atoms with Crippen LogP contribution in [0.3, 0.4) is 0 Å². The standard InChI is InChI=1S/C15H17Cl2N5O3S/c1-9(23)18-5-6-19-14-13(26(2,24)25)8-20-15(22-14)21-10-3-4-11(16)12(17)7-10/h3-4,7-8H,5-6H2,1-2H3,(H,18,23)(H2,19,20,21,22). The second-order valence-corrected chi connectivity index (χ2v) is 8.14. The zero-order chi connectivity index (χ0) is 19.3. The van der Waals surface area contributed by atoms with Gasteiger partial charge in [0.25, 0.3) is 0 Å². The largest absolute Gasteiger partial charge is 0.367 e. The van der Waals surface area contributed by atoms with Crippen LogP contribution in [0.15, 0.2) is 29.3 Å². The number of carbonyl (C=O) groups is 1. The lowest BCUT2D eigenvalue weighted by Gasteiger charge is -2.12. The summed E-state index contributed by atoms with van der Waals surface area (Å²) in [6, 6.07) is 4.90. The van der Waals surface area contributed by atoms with Crippen molar-refractivity contribution in [3.8, 4) is 0 Å². The molecule has 0 aliphatic heterocycles. The Bertz CT molecular complexity index is 921. The van der Waals surface area contributed by atoms with Gasteiger partial charge in [0.05, 0.1) is 16.2 Å². The number of amides is 1. The van der Waals surface area contributed by atoms with E-state index < -0.39 is 9.84 Å². The number of anilines is 3. The quantitative estimate of drug-likeness (QED) is 0.592. The molecule has 26 heavy (non-hydrogen) atoms. The van der Waals surface area contributed by atoms with Crippen LogP contribution >= 0.6 is 23.2 Å². The summed E-state index contributed by atoms with van der Waals surface area (Å²) in [4.78, 5) is 19.1. The van der Waals surface area contributed by atoms with Gasteiger partial charge in [0, 0.05) is 32.0 Å². The molecule has 0 spiro atoms. The van der Waals surface area contributed by atoms with Crippen molar-refractivity contribution >= 4 is 56.4 Å². The molecule has 1 amide bonds. The molecule has 0 aliphatic carbocycles. The highest BCUT2D eigenvalue weighted by molar-refractivity contribution is 7.90. The van der Waals surface area contributed by atoms with Crippen LogP contribution in [0, 0.1) is 0 Å². The van der Waals surface area contributed by atoms with Gasteiger partial charge in [0.15, 0.2) is 15.7 Å². The highest BCUT2D eigenvalue weighted by Crippen LogP contribution is 2.27. The van der Waals surface area contributed by atoms with Crippen molar-refractivity contribution in [3.63, 3.8) is 0 Å². The van der Waals surface area contributed by atoms with Crippen LogP contribution < -0.4 is 16.0 Å². The number of hydrogen-bond donors (Lipinski definition) is 3. The Kier molecular flexibility index (Phi) is 6.63. The highest BCUT2D eigenvalue weighted by atomic mass is 35.5. The summed E-state index contributed by atoms with van der Waals surface area (Å²) in [6.45, 7) is 2.01. The number of aromatic nitrogens is 2. The number of halogens is 2. The monoisotopic (exact) mass is 417 g/mol. The molecule has 2 rings (SSSR count). The maximum atomic E-state index is 11.9. The number of sulfone groups is 1. The molecule has 2 aromatic rings. The summed E-state index contributed by atoms with van der Waals surface area (Å²) >= 11 is 11.8. The summed E-state index contributed by atoms with van der Waals surface area (Å²) in [5.74, 6) is 0.132. The molecule has 8 nitrogen and oxygen atoms in total. The van der Waals surface area contributed by atoms with Gasteiger partial charge in [-0.2, -0.15) is 4.98 Å². The Morgan fingerprint density at radius 2 is 1.92 bits per heavy atom. The molecule has 0 radical (unpaired) electrons. The first-order valence-corrected chi connectivity index (χ1v) is 10.1. The van der Waals surface area contributed by atoms with Crippen molar-refractivity contribution < 1.29 is 13.2 Å². The topological polar surface area (TPSA) is 113 Å². The SMILES string of the molecule is CC(=O)NCCNc1nc(Nc2ccc(Cl)c(Cl)c2)ncc1S(C)(=O)=O. The molecular formula is C15H17Cl2N5O3S. The summed E-state index contributed by atoms with van der Waals surface area (Å²) in [6.07, 6.45) is 2.28. The van der Waals surface area contributed by atoms with Gasteiger partial charge in [-0.15, -0.1) is 0 Å². The molecule has 0 bridgehead atoms. The third kappa shape index (κ3) is 5.72. The van der Waals surface area contributed by atoms with E-state index in [0.29, 0.717) is 28.8 Å². The summed E-state index contributed by atoms with van der Waals surface area (Å²) in [5, 5.41) is 9.19. The van der Waals surface area contributed by atoms with Gasteiger partial charge in [-0.3, -0.25) is 4.79 Å². The fourth-order valence-corrected chi connectivity index (χ4v) is 2.96. The lowest BCUT2D eigenvalue weighted by atomic mass is 10.3. The van der Waals surface area contributed by atoms with Gasteiger partial charge in [0.2, 0.25) is 11.9 Å². The Morgan fingerprint density at radius 3 is 2.54 bits per heavy atom. The van der Waals surface area contributed by atoms with Crippen LogP contribution in [0.25, 0.3) is 0 Å². The maximum Gasteiger partial charge on any atom is 0.229 e. The molecule has 0 saturated heterocycles. The van der Waals surface area contributed by atoms with Crippen molar-refractivity contribution in [2.45, 2.75) is 11.8 Å². The summed E-state index contributed by atoms with van der Waals surface area (Å²) in [7, 11) is -3.53. The molecule has 3 N–H and O–H groups in total. The number of hydrogen-bond acceptors (Lipinski definition) is 7. The van der Waals surface area contributed by atoms with Crippen molar-refractivity contribution in [2.24, 2.45) is 0 Å². The van der Waals surface area contributed by atoms with Crippen LogP contribution in [-0.2, 0) is 14.6 Å². The van der Waals surface area contributed by atoms with Gasteiger partial charge in [-0.05, 0) is 18.2 Å². The molecule has 0 atom stereocenters. The average Bonchev–Trinajstić information content (AvgIpc) is 2.54. The molecule has 11 heteroatoms. The van der Waals surface area contributed by atoms with Crippen molar-refractivity contribution in [1.82, 2.24) is 15.3 Å². The Morgan fingerprint density at radius 1 is 1.19 bits per heavy atom. The first-order valence-electron chi connectivity index (χ1n) is 7.44. The molecule has 140 valence electrons. The fourth-order valence-electron chi connectivity index (χ4n) is 1.95. The maximum absolute atomic E-state index is 11.9. The van der Waals surface area contributed by atoms with E-state index in [1.165, 1.54) is 13.1 Å². The van der Waals surface area contributed by atoms with Crippen molar-refractivity contribution in [3.05, 3.63) is 34.4 Å². The summed E-state index contributed by atoms with van der Waals surface area (Å²) < 4.78 is 23.8. The van der Waals surface area contributed by atoms with Gasteiger partial charge in [0.1, 0.15) is 4.90 Å². The summed E-state index contributed by atoms with van der Waals surface area (Å²) in [5.41, 5.74) is 0.593. The first kappa shape index (κ1) is 20.2. The number of carbonyl (C=O) groups excluding carboxylic acids is 1. The lowest BCUT2D eigenvalue weighted by molar-refractivity contribution is -0.118. The number of benzene rings is 1. The number of nitrogens with one attached hydrogen (secondary N) is 3. The molecule has 1 aromatic heterocycles. The van der Waals surface area contributed by atoms with Crippen LogP contribution in [0.4, 0.5) is 17.5 Å². The van der Waals surface area contributed by atoms with E-state index in [2.05, 4.69) is 25.9 Å². The van der Waals surface area contributed by atoms with E-state index in [1.54, 1.807) is 18.2 Å². The van der Waals surface area contributed by atoms with Gasteiger partial charge in [-0.25, -0.2) is 13.4 Å². The zero-order valence-electron chi connectivity index (χ0n) is 14.0. The first-order chi connectivity index (χ1) is 12.2. The normalized spacial score (nSPS) is 11.1. The minimum Gasteiger partial charge on any atom is -0.367 e. The molecular weight excluding hydrogens is 401 g/mol. The third-order valence-corrected chi connectivity index (χ3v) is 4.96. The molecule has 0 unspecified atom stereocenters. The Hall–Kier alpha value is -2.10. The van der Waals surface area contributed by atoms with E-state index in [9.17, 15) is 13.2 Å². The zero-order valence-corrected chi connectivity index (χ0v) is 16.3. The lowest BCUT2D eigenvalue weighted by Crippen LogP contribution is -2.27. The number of rotatable bonds is 7. The third-order valence-electron chi connectivity index (χ3n) is 3.12. The molecule has 0 saturated carbocycles. The van der Waals surface area contributed by atoms with Gasteiger partial charge >= 0.3 is 0 Å². The fraction of sp³-hybridized carbons (Fsp3) is 0.267. The predicted molar refractivity (Wildman–Crippen MR) is 102 cm³/mol. The van der Waals surface area contributed by atoms with E-state index >= 15 is 0 Å². The molecule has 0 fully saturated rings. The second-order valence-electron chi connectivity index (χ2n) is 5.34. The van der Waals surface area contributed by atoms with Gasteiger partial charge < -0.3 is 16.0 Å². The van der Waals surface area contributed by atoms with E-state index in [4.69, 9.17) is 23.2 Å². The second kappa shape index (κ2) is 8.52. The molecule has 1 heterocycles. The van der Waals surface area contributed by atoms with Crippen LogP contribution in [0.2, 0.25) is 10.0 Å².